The molecule has 3 bridgehead atoms. The number of allylic oxidation sites excluding steroid dienone is 1. The number of aliphatic hydroxyl groups excluding tert-OH is 2. The Labute approximate surface area is 187 Å². The summed E-state index contributed by atoms with van der Waals surface area (Å²) >= 11 is 0. The molecule has 3 aliphatic heterocycles. The third-order valence-corrected chi connectivity index (χ3v) is 9.69. The molecule has 8 nitrogen and oxygen atoms in total. The van der Waals surface area contributed by atoms with E-state index < -0.39 is 70.9 Å². The third kappa shape index (κ3) is 2.13. The van der Waals surface area contributed by atoms with Gasteiger partial charge in [0.1, 0.15) is 28.8 Å². The lowest BCUT2D eigenvalue weighted by molar-refractivity contribution is -0.279. The van der Waals surface area contributed by atoms with Gasteiger partial charge in [-0.15, -0.1) is 0 Å². The number of rotatable bonds is 3. The van der Waals surface area contributed by atoms with Gasteiger partial charge in [-0.3, -0.25) is 4.79 Å². The fourth-order valence-corrected chi connectivity index (χ4v) is 7.27. The molecular formula is C24H32O8. The standard InChI is InChI=1S/C24H32O8/c1-6-11(2)19(27)30-14-7-16-23(29)9-24-17(18(26)21(23,5)13(14)4)12(3)15(32-24)8-22(24,10-25)20(28)31-16/h6,13-16,18,25-26,29H,7-10H2,1-5H3/b11-6-/t13-,14-,15+,16-,18+,21-,22+,23+,24+/m0/s1. The zero-order valence-electron chi connectivity index (χ0n) is 19.2. The monoisotopic (exact) mass is 448 g/mol. The van der Waals surface area contributed by atoms with Crippen molar-refractivity contribution in [2.75, 3.05) is 6.61 Å². The van der Waals surface area contributed by atoms with Gasteiger partial charge in [0.25, 0.3) is 0 Å². The second kappa shape index (κ2) is 6.44. The summed E-state index contributed by atoms with van der Waals surface area (Å²) in [4.78, 5) is 26.0. The van der Waals surface area contributed by atoms with Crippen LogP contribution in [-0.4, -0.2) is 69.5 Å². The van der Waals surface area contributed by atoms with Gasteiger partial charge >= 0.3 is 11.9 Å². The fraction of sp³-hybridized carbons (Fsp3) is 0.750. The zero-order chi connectivity index (χ0) is 23.4. The van der Waals surface area contributed by atoms with Crippen LogP contribution in [0.5, 0.6) is 0 Å². The first-order valence-electron chi connectivity index (χ1n) is 11.4. The van der Waals surface area contributed by atoms with Crippen molar-refractivity contribution in [3.8, 4) is 0 Å². The van der Waals surface area contributed by atoms with Crippen LogP contribution in [0.4, 0.5) is 0 Å². The van der Waals surface area contributed by atoms with Gasteiger partial charge in [-0.1, -0.05) is 19.9 Å². The summed E-state index contributed by atoms with van der Waals surface area (Å²) in [5, 5.41) is 34.4. The van der Waals surface area contributed by atoms with Crippen LogP contribution < -0.4 is 0 Å². The predicted octanol–water partition coefficient (Wildman–Crippen LogP) is 1.17. The molecular weight excluding hydrogens is 416 g/mol. The van der Waals surface area contributed by atoms with E-state index in [2.05, 4.69) is 0 Å². The number of carbonyl (C=O) groups is 2. The Kier molecular flexibility index (Phi) is 4.44. The Hall–Kier alpha value is -1.74. The molecule has 2 saturated carbocycles. The van der Waals surface area contributed by atoms with Gasteiger partial charge in [-0.2, -0.15) is 0 Å². The highest BCUT2D eigenvalue weighted by Gasteiger charge is 2.82. The van der Waals surface area contributed by atoms with Crippen molar-refractivity contribution < 1.29 is 39.1 Å². The summed E-state index contributed by atoms with van der Waals surface area (Å²) in [6.45, 7) is 8.41. The molecule has 0 radical (unpaired) electrons. The van der Waals surface area contributed by atoms with Crippen LogP contribution in [-0.2, 0) is 23.8 Å². The van der Waals surface area contributed by atoms with Crippen LogP contribution >= 0.6 is 0 Å². The maximum atomic E-state index is 13.5. The number of ether oxygens (including phenoxy) is 3. The van der Waals surface area contributed by atoms with Gasteiger partial charge in [0.15, 0.2) is 0 Å². The van der Waals surface area contributed by atoms with Gasteiger partial charge in [-0.05, 0) is 38.3 Å². The van der Waals surface area contributed by atoms with Crippen LogP contribution in [0.3, 0.4) is 0 Å². The average molecular weight is 449 g/mol. The molecule has 0 aromatic carbocycles. The molecule has 8 heteroatoms. The van der Waals surface area contributed by atoms with Gasteiger partial charge in [0, 0.05) is 29.7 Å². The second-order valence-electron chi connectivity index (χ2n) is 10.6. The van der Waals surface area contributed by atoms with Crippen molar-refractivity contribution >= 4 is 11.9 Å². The lowest BCUT2D eigenvalue weighted by atomic mass is 9.43. The van der Waals surface area contributed by atoms with Gasteiger partial charge in [-0.25, -0.2) is 4.79 Å². The van der Waals surface area contributed by atoms with E-state index in [4.69, 9.17) is 14.2 Å². The third-order valence-electron chi connectivity index (χ3n) is 9.69. The van der Waals surface area contributed by atoms with Crippen molar-refractivity contribution in [1.29, 1.82) is 0 Å². The number of esters is 2. The summed E-state index contributed by atoms with van der Waals surface area (Å²) in [6, 6.07) is 0. The first kappa shape index (κ1) is 22.1. The highest BCUT2D eigenvalue weighted by Crippen LogP contribution is 2.72. The van der Waals surface area contributed by atoms with Gasteiger partial charge in [0.05, 0.1) is 18.8 Å². The SMILES string of the molecule is C/C=C(/C)C(=O)O[C@H]1C[C@@H]2OC(=O)[C@]3(CO)C[C@H]4O[C@@]35C[C@]2(O)[C@](C)([C@H](O)C5=C4C)[C@H]1C. The molecule has 0 amide bonds. The van der Waals surface area contributed by atoms with E-state index in [0.29, 0.717) is 11.1 Å². The summed E-state index contributed by atoms with van der Waals surface area (Å²) in [5.41, 5.74) is -3.62. The molecule has 32 heavy (non-hydrogen) atoms. The Bertz CT molecular complexity index is 969. The molecule has 3 N–H and O–H groups in total. The van der Waals surface area contributed by atoms with E-state index in [9.17, 15) is 24.9 Å². The summed E-state index contributed by atoms with van der Waals surface area (Å²) in [7, 11) is 0. The smallest absolute Gasteiger partial charge is 0.333 e. The normalized spacial score (nSPS) is 51.4. The topological polar surface area (TPSA) is 123 Å². The highest BCUT2D eigenvalue weighted by molar-refractivity contribution is 5.88. The van der Waals surface area contributed by atoms with Crippen LogP contribution in [0.15, 0.2) is 22.8 Å². The van der Waals surface area contributed by atoms with E-state index >= 15 is 0 Å². The Balaban J connectivity index is 1.68. The quantitative estimate of drug-likeness (QED) is 0.334. The number of hydrogen-bond acceptors (Lipinski definition) is 8. The van der Waals surface area contributed by atoms with Crippen molar-refractivity contribution in [2.24, 2.45) is 16.7 Å². The largest absolute Gasteiger partial charge is 0.459 e. The van der Waals surface area contributed by atoms with Crippen molar-refractivity contribution in [1.82, 2.24) is 0 Å². The first-order valence-corrected chi connectivity index (χ1v) is 11.4. The lowest BCUT2D eigenvalue weighted by Gasteiger charge is -2.64. The van der Waals surface area contributed by atoms with E-state index in [1.807, 2.05) is 13.8 Å². The minimum atomic E-state index is -1.63. The van der Waals surface area contributed by atoms with Crippen LogP contribution in [0.1, 0.15) is 53.9 Å². The molecule has 1 spiro atoms. The first-order chi connectivity index (χ1) is 14.9. The van der Waals surface area contributed by atoms with Crippen molar-refractivity contribution in [3.63, 3.8) is 0 Å². The van der Waals surface area contributed by atoms with E-state index in [-0.39, 0.29) is 19.3 Å². The van der Waals surface area contributed by atoms with E-state index in [1.54, 1.807) is 26.8 Å². The minimum Gasteiger partial charge on any atom is -0.459 e. The van der Waals surface area contributed by atoms with E-state index in [1.165, 1.54) is 0 Å². The molecule has 5 aliphatic rings. The van der Waals surface area contributed by atoms with Crippen LogP contribution in [0.25, 0.3) is 0 Å². The Morgan fingerprint density at radius 2 is 2.06 bits per heavy atom. The average Bonchev–Trinajstić information content (AvgIpc) is 3.20. The van der Waals surface area contributed by atoms with Crippen molar-refractivity contribution in [2.45, 2.75) is 89.5 Å². The van der Waals surface area contributed by atoms with E-state index in [0.717, 1.165) is 5.57 Å². The predicted molar refractivity (Wildman–Crippen MR) is 111 cm³/mol. The van der Waals surface area contributed by atoms with Crippen LogP contribution in [0.2, 0.25) is 0 Å². The molecule has 0 aromatic rings. The summed E-state index contributed by atoms with van der Waals surface area (Å²) in [5.74, 6) is -1.55. The van der Waals surface area contributed by atoms with Crippen LogP contribution in [0, 0.1) is 16.7 Å². The summed E-state index contributed by atoms with van der Waals surface area (Å²) in [6.07, 6.45) is -1.23. The Morgan fingerprint density at radius 3 is 2.69 bits per heavy atom. The molecule has 2 saturated heterocycles. The molecule has 2 aliphatic carbocycles. The minimum absolute atomic E-state index is 0.0343. The Morgan fingerprint density at radius 1 is 1.38 bits per heavy atom. The van der Waals surface area contributed by atoms with Crippen molar-refractivity contribution in [3.05, 3.63) is 22.8 Å². The maximum Gasteiger partial charge on any atom is 0.333 e. The number of carbonyl (C=O) groups excluding carboxylic acids is 2. The molecule has 0 unspecified atom stereocenters. The number of aliphatic hydroxyl groups is 3. The van der Waals surface area contributed by atoms with Gasteiger partial charge < -0.3 is 29.5 Å². The zero-order valence-corrected chi connectivity index (χ0v) is 19.2. The molecule has 3 heterocycles. The molecule has 176 valence electrons. The molecule has 0 aromatic heterocycles. The van der Waals surface area contributed by atoms with Gasteiger partial charge in [0.2, 0.25) is 0 Å². The molecule has 4 fully saturated rings. The maximum absolute atomic E-state index is 13.5. The highest BCUT2D eigenvalue weighted by atomic mass is 16.6. The fourth-order valence-electron chi connectivity index (χ4n) is 7.27. The lowest BCUT2D eigenvalue weighted by Crippen LogP contribution is -2.75. The number of fused-ring (bicyclic) bond motifs is 1. The number of hydrogen-bond donors (Lipinski definition) is 3. The summed E-state index contributed by atoms with van der Waals surface area (Å²) < 4.78 is 18.0. The second-order valence-corrected chi connectivity index (χ2v) is 10.6. The molecule has 9 atom stereocenters. The molecule has 5 rings (SSSR count).